The molecule has 2 fully saturated rings. The number of benzene rings is 1. The molecule has 1 aromatic carbocycles. The first-order valence-corrected chi connectivity index (χ1v) is 7.81. The highest BCUT2D eigenvalue weighted by Crippen LogP contribution is 2.68. The van der Waals surface area contributed by atoms with Crippen molar-refractivity contribution in [2.45, 2.75) is 42.8 Å². The van der Waals surface area contributed by atoms with Crippen LogP contribution in [0.3, 0.4) is 0 Å². The summed E-state index contributed by atoms with van der Waals surface area (Å²) in [7, 11) is 0. The number of fused-ring (bicyclic) bond motifs is 1. The number of thioether (sulfide) groups is 1. The first kappa shape index (κ1) is 12.3. The van der Waals surface area contributed by atoms with E-state index in [-0.39, 0.29) is 5.25 Å². The van der Waals surface area contributed by atoms with Gasteiger partial charge in [-0.2, -0.15) is 0 Å². The van der Waals surface area contributed by atoms with Gasteiger partial charge in [-0.3, -0.25) is 0 Å². The number of carbonyl (C=O) groups excluding carboxylic acids is 1. The average molecular weight is 260 g/mol. The van der Waals surface area contributed by atoms with Gasteiger partial charge in [0.05, 0.1) is 5.25 Å². The van der Waals surface area contributed by atoms with Gasteiger partial charge >= 0.3 is 0 Å². The van der Waals surface area contributed by atoms with Gasteiger partial charge in [-0.25, -0.2) is 0 Å². The Morgan fingerprint density at radius 1 is 1.33 bits per heavy atom. The Bertz CT molecular complexity index is 430. The van der Waals surface area contributed by atoms with E-state index in [1.807, 2.05) is 18.2 Å². The molecule has 4 atom stereocenters. The molecule has 2 saturated carbocycles. The van der Waals surface area contributed by atoms with Crippen LogP contribution in [0.1, 0.15) is 32.6 Å². The zero-order chi connectivity index (χ0) is 12.6. The first-order valence-electron chi connectivity index (χ1n) is 6.93. The van der Waals surface area contributed by atoms with Crippen LogP contribution in [0.2, 0.25) is 0 Å². The van der Waals surface area contributed by atoms with Gasteiger partial charge in [0.2, 0.25) is 0 Å². The summed E-state index contributed by atoms with van der Waals surface area (Å²) >= 11 is 1.76. The van der Waals surface area contributed by atoms with Crippen LogP contribution in [-0.2, 0) is 4.79 Å². The molecule has 0 bridgehead atoms. The molecule has 0 heterocycles. The highest BCUT2D eigenvalue weighted by Gasteiger charge is 2.63. The topological polar surface area (TPSA) is 17.1 Å². The molecule has 18 heavy (non-hydrogen) atoms. The van der Waals surface area contributed by atoms with E-state index in [1.54, 1.807) is 11.8 Å². The SMILES string of the molecule is C[C@]12CCCC[C@H]1[C@@H]2C(C=O)Sc1ccccc1. The molecule has 0 aromatic heterocycles. The third-order valence-electron chi connectivity index (χ3n) is 4.92. The summed E-state index contributed by atoms with van der Waals surface area (Å²) in [5.74, 6) is 1.42. The van der Waals surface area contributed by atoms with Crippen molar-refractivity contribution < 1.29 is 4.79 Å². The zero-order valence-corrected chi connectivity index (χ0v) is 11.7. The van der Waals surface area contributed by atoms with E-state index in [4.69, 9.17) is 0 Å². The van der Waals surface area contributed by atoms with Gasteiger partial charge in [-0.15, -0.1) is 11.8 Å². The maximum Gasteiger partial charge on any atom is 0.133 e. The Hall–Kier alpha value is -0.760. The summed E-state index contributed by atoms with van der Waals surface area (Å²) in [6.07, 6.45) is 6.55. The number of aldehydes is 1. The summed E-state index contributed by atoms with van der Waals surface area (Å²) in [5.41, 5.74) is 0.464. The van der Waals surface area contributed by atoms with E-state index in [0.29, 0.717) is 11.3 Å². The predicted molar refractivity (Wildman–Crippen MR) is 75.7 cm³/mol. The van der Waals surface area contributed by atoms with Crippen molar-refractivity contribution >= 4 is 18.0 Å². The monoisotopic (exact) mass is 260 g/mol. The van der Waals surface area contributed by atoms with Crippen LogP contribution in [0.4, 0.5) is 0 Å². The minimum Gasteiger partial charge on any atom is -0.302 e. The minimum atomic E-state index is 0.153. The van der Waals surface area contributed by atoms with Crippen LogP contribution in [0.5, 0.6) is 0 Å². The molecule has 2 heteroatoms. The Balaban J connectivity index is 1.72. The molecule has 0 aliphatic heterocycles. The lowest BCUT2D eigenvalue weighted by Crippen LogP contribution is -2.12. The molecule has 1 nitrogen and oxygen atoms in total. The van der Waals surface area contributed by atoms with E-state index in [1.165, 1.54) is 36.9 Å². The number of hydrogen-bond donors (Lipinski definition) is 0. The van der Waals surface area contributed by atoms with Crippen molar-refractivity contribution in [3.05, 3.63) is 30.3 Å². The normalized spacial score (nSPS) is 35.6. The fourth-order valence-electron chi connectivity index (χ4n) is 3.88. The third kappa shape index (κ3) is 2.01. The first-order chi connectivity index (χ1) is 8.75. The predicted octanol–water partition coefficient (Wildman–Crippen LogP) is 4.17. The van der Waals surface area contributed by atoms with Crippen molar-refractivity contribution in [1.82, 2.24) is 0 Å². The summed E-state index contributed by atoms with van der Waals surface area (Å²) in [5, 5.41) is 0.153. The Morgan fingerprint density at radius 2 is 2.11 bits per heavy atom. The number of carbonyl (C=O) groups is 1. The quantitative estimate of drug-likeness (QED) is 0.597. The van der Waals surface area contributed by atoms with Gasteiger partial charge in [0, 0.05) is 4.90 Å². The van der Waals surface area contributed by atoms with E-state index >= 15 is 0 Å². The fraction of sp³-hybridized carbons (Fsp3) is 0.562. The number of rotatable bonds is 4. The number of hydrogen-bond acceptors (Lipinski definition) is 2. The van der Waals surface area contributed by atoms with E-state index in [0.717, 1.165) is 5.92 Å². The molecule has 1 unspecified atom stereocenters. The van der Waals surface area contributed by atoms with Crippen molar-refractivity contribution in [1.29, 1.82) is 0 Å². The van der Waals surface area contributed by atoms with Crippen LogP contribution in [0.15, 0.2) is 35.2 Å². The highest BCUT2D eigenvalue weighted by atomic mass is 32.2. The van der Waals surface area contributed by atoms with Crippen LogP contribution in [0.25, 0.3) is 0 Å². The Kier molecular flexibility index (Phi) is 3.23. The van der Waals surface area contributed by atoms with Gasteiger partial charge in [0.1, 0.15) is 6.29 Å². The van der Waals surface area contributed by atoms with Crippen molar-refractivity contribution in [2.24, 2.45) is 17.3 Å². The summed E-state index contributed by atoms with van der Waals surface area (Å²) in [6, 6.07) is 10.3. The molecular weight excluding hydrogens is 240 g/mol. The molecule has 2 aliphatic carbocycles. The second kappa shape index (κ2) is 4.73. The fourth-order valence-corrected chi connectivity index (χ4v) is 5.21. The van der Waals surface area contributed by atoms with Gasteiger partial charge in [0.15, 0.2) is 0 Å². The van der Waals surface area contributed by atoms with Gasteiger partial charge in [-0.05, 0) is 42.2 Å². The van der Waals surface area contributed by atoms with Crippen molar-refractivity contribution in [3.63, 3.8) is 0 Å². The molecule has 3 rings (SSSR count). The second-order valence-electron chi connectivity index (χ2n) is 5.92. The van der Waals surface area contributed by atoms with Crippen LogP contribution >= 0.6 is 11.8 Å². The summed E-state index contributed by atoms with van der Waals surface area (Å²) in [6.45, 7) is 2.39. The Morgan fingerprint density at radius 3 is 2.72 bits per heavy atom. The van der Waals surface area contributed by atoms with Gasteiger partial charge in [-0.1, -0.05) is 38.0 Å². The second-order valence-corrected chi connectivity index (χ2v) is 7.17. The average Bonchev–Trinajstić information content (AvgIpc) is 3.03. The van der Waals surface area contributed by atoms with E-state index in [9.17, 15) is 4.79 Å². The lowest BCUT2D eigenvalue weighted by atomic mass is 9.90. The molecule has 0 N–H and O–H groups in total. The molecule has 0 saturated heterocycles. The van der Waals surface area contributed by atoms with Crippen LogP contribution in [0, 0.1) is 17.3 Å². The molecule has 0 amide bonds. The molecule has 2 aliphatic rings. The smallest absolute Gasteiger partial charge is 0.133 e. The van der Waals surface area contributed by atoms with Crippen molar-refractivity contribution in [3.8, 4) is 0 Å². The van der Waals surface area contributed by atoms with Crippen molar-refractivity contribution in [2.75, 3.05) is 0 Å². The highest BCUT2D eigenvalue weighted by molar-refractivity contribution is 8.00. The lowest BCUT2D eigenvalue weighted by molar-refractivity contribution is -0.107. The van der Waals surface area contributed by atoms with E-state index < -0.39 is 0 Å². The third-order valence-corrected chi connectivity index (χ3v) is 6.14. The van der Waals surface area contributed by atoms with Gasteiger partial charge in [0.25, 0.3) is 0 Å². The molecular formula is C16H20OS. The molecule has 96 valence electrons. The Labute approximate surface area is 113 Å². The summed E-state index contributed by atoms with van der Waals surface area (Å²) in [4.78, 5) is 12.7. The molecule has 0 radical (unpaired) electrons. The molecule has 1 aromatic rings. The lowest BCUT2D eigenvalue weighted by Gasteiger charge is -2.17. The standard InChI is InChI=1S/C16H20OS/c1-16-10-6-5-9-13(16)15(16)14(11-17)18-12-7-3-2-4-8-12/h2-4,7-8,11,13-15H,5-6,9-10H2,1H3/t13-,14?,15+,16-/m0/s1. The minimum absolute atomic E-state index is 0.153. The maximum atomic E-state index is 11.5. The van der Waals surface area contributed by atoms with Crippen LogP contribution in [-0.4, -0.2) is 11.5 Å². The van der Waals surface area contributed by atoms with Gasteiger partial charge < -0.3 is 4.79 Å². The summed E-state index contributed by atoms with van der Waals surface area (Å²) < 4.78 is 0. The molecule has 0 spiro atoms. The largest absolute Gasteiger partial charge is 0.302 e. The van der Waals surface area contributed by atoms with Crippen LogP contribution < -0.4 is 0 Å². The van der Waals surface area contributed by atoms with E-state index in [2.05, 4.69) is 19.1 Å². The maximum absolute atomic E-state index is 11.5. The zero-order valence-electron chi connectivity index (χ0n) is 10.8.